The van der Waals surface area contributed by atoms with Gasteiger partial charge in [-0.1, -0.05) is 36.4 Å². The highest BCUT2D eigenvalue weighted by Gasteiger charge is 2.37. The lowest BCUT2D eigenvalue weighted by atomic mass is 10.1. The third-order valence-electron chi connectivity index (χ3n) is 4.70. The number of benzene rings is 1. The van der Waals surface area contributed by atoms with E-state index in [1.54, 1.807) is 17.3 Å². The van der Waals surface area contributed by atoms with Gasteiger partial charge < -0.3 is 16.0 Å². The molecule has 1 aliphatic rings. The maximum Gasteiger partial charge on any atom is 0.281 e. The fraction of sp³-hybridized carbons (Fsp3) is 0.350. The van der Waals surface area contributed by atoms with Gasteiger partial charge in [0.1, 0.15) is 6.04 Å². The molecular formula is C20H25N4O2+. The van der Waals surface area contributed by atoms with Crippen molar-refractivity contribution in [2.24, 2.45) is 0 Å². The van der Waals surface area contributed by atoms with E-state index in [0.717, 1.165) is 17.5 Å². The molecule has 2 atom stereocenters. The number of likely N-dealkylation sites (tertiary alicyclic amines) is 1. The zero-order valence-corrected chi connectivity index (χ0v) is 14.8. The first kappa shape index (κ1) is 18.1. The molecule has 2 amide bonds. The van der Waals surface area contributed by atoms with Crippen molar-refractivity contribution in [2.75, 3.05) is 6.54 Å². The molecule has 0 saturated carbocycles. The van der Waals surface area contributed by atoms with Crippen LogP contribution in [0.2, 0.25) is 0 Å². The molecule has 26 heavy (non-hydrogen) atoms. The van der Waals surface area contributed by atoms with Crippen molar-refractivity contribution in [1.29, 1.82) is 0 Å². The molecule has 1 aliphatic heterocycles. The smallest absolute Gasteiger partial charge is 0.281 e. The number of pyridine rings is 1. The second-order valence-electron chi connectivity index (χ2n) is 6.66. The van der Waals surface area contributed by atoms with Gasteiger partial charge in [0.05, 0.1) is 0 Å². The van der Waals surface area contributed by atoms with E-state index in [1.165, 1.54) is 0 Å². The molecule has 0 spiro atoms. The molecule has 1 aromatic carbocycles. The normalized spacial score (nSPS) is 17.7. The lowest BCUT2D eigenvalue weighted by Crippen LogP contribution is -2.69. The molecule has 2 heterocycles. The van der Waals surface area contributed by atoms with Crippen molar-refractivity contribution in [2.45, 2.75) is 37.9 Å². The van der Waals surface area contributed by atoms with Crippen molar-refractivity contribution >= 4 is 11.8 Å². The van der Waals surface area contributed by atoms with E-state index in [9.17, 15) is 9.59 Å². The van der Waals surface area contributed by atoms with E-state index < -0.39 is 6.04 Å². The zero-order valence-electron chi connectivity index (χ0n) is 14.8. The predicted molar refractivity (Wildman–Crippen MR) is 97.6 cm³/mol. The molecule has 2 aromatic rings. The summed E-state index contributed by atoms with van der Waals surface area (Å²) in [5.74, 6) is -0.153. The predicted octanol–water partition coefficient (Wildman–Crippen LogP) is 0.542. The number of carbonyl (C=O) groups excluding carboxylic acids is 2. The van der Waals surface area contributed by atoms with E-state index in [4.69, 9.17) is 0 Å². The van der Waals surface area contributed by atoms with Crippen molar-refractivity contribution in [3.63, 3.8) is 0 Å². The average molecular weight is 353 g/mol. The second kappa shape index (κ2) is 8.58. The van der Waals surface area contributed by atoms with Crippen LogP contribution in [0.1, 0.15) is 24.0 Å². The molecule has 4 N–H and O–H groups in total. The molecule has 1 aromatic heterocycles. The van der Waals surface area contributed by atoms with Gasteiger partial charge in [-0.2, -0.15) is 0 Å². The highest BCUT2D eigenvalue weighted by molar-refractivity contribution is 5.89. The first-order valence-electron chi connectivity index (χ1n) is 8.99. The average Bonchev–Trinajstić information content (AvgIpc) is 3.17. The van der Waals surface area contributed by atoms with Gasteiger partial charge in [-0.15, -0.1) is 0 Å². The number of nitrogens with zero attached hydrogens (tertiary/aromatic N) is 2. The number of nitrogens with one attached hydrogen (secondary N) is 1. The van der Waals surface area contributed by atoms with E-state index in [1.807, 2.05) is 42.5 Å². The first-order chi connectivity index (χ1) is 12.6. The van der Waals surface area contributed by atoms with Gasteiger partial charge in [-0.25, -0.2) is 0 Å². The fourth-order valence-corrected chi connectivity index (χ4v) is 3.33. The fourth-order valence-electron chi connectivity index (χ4n) is 3.33. The van der Waals surface area contributed by atoms with Crippen molar-refractivity contribution in [1.82, 2.24) is 15.2 Å². The molecule has 3 rings (SSSR count). The van der Waals surface area contributed by atoms with Crippen molar-refractivity contribution in [3.05, 3.63) is 66.0 Å². The molecule has 0 radical (unpaired) electrons. The van der Waals surface area contributed by atoms with Crippen LogP contribution in [0.5, 0.6) is 0 Å². The van der Waals surface area contributed by atoms with Gasteiger partial charge in [0, 0.05) is 31.9 Å². The monoisotopic (exact) mass is 353 g/mol. The standard InChI is InChI=1S/C20H24N4O2/c21-17(12-15-6-2-1-3-7-15)20(26)24-11-5-9-18(24)19(25)23-14-16-8-4-10-22-13-16/h1-4,6-8,10,13,17-18H,5,9,11-12,14,21H2,(H,23,25)/p+1/t17-,18+/m1/s1. The summed E-state index contributed by atoms with van der Waals surface area (Å²) >= 11 is 0. The Morgan fingerprint density at radius 2 is 1.96 bits per heavy atom. The Balaban J connectivity index is 1.58. The van der Waals surface area contributed by atoms with Crippen LogP contribution in [0.25, 0.3) is 0 Å². The Hall–Kier alpha value is -2.73. The minimum atomic E-state index is -0.404. The third kappa shape index (κ3) is 4.46. The number of carbonyl (C=O) groups is 2. The van der Waals surface area contributed by atoms with Crippen LogP contribution in [0.15, 0.2) is 54.9 Å². The largest absolute Gasteiger partial charge is 0.350 e. The van der Waals surface area contributed by atoms with Crippen LogP contribution >= 0.6 is 0 Å². The Morgan fingerprint density at radius 1 is 1.19 bits per heavy atom. The first-order valence-corrected chi connectivity index (χ1v) is 8.99. The number of hydrogen-bond acceptors (Lipinski definition) is 3. The van der Waals surface area contributed by atoms with E-state index in [-0.39, 0.29) is 17.9 Å². The Morgan fingerprint density at radius 3 is 2.69 bits per heavy atom. The third-order valence-corrected chi connectivity index (χ3v) is 4.70. The minimum Gasteiger partial charge on any atom is -0.350 e. The molecule has 1 fully saturated rings. The lowest BCUT2D eigenvalue weighted by molar-refractivity contribution is -0.405. The van der Waals surface area contributed by atoms with Crippen LogP contribution in [-0.2, 0) is 22.6 Å². The van der Waals surface area contributed by atoms with Crippen molar-refractivity contribution < 1.29 is 15.3 Å². The SMILES string of the molecule is [NH3+][C@H](Cc1ccccc1)C(=O)N1CCC[C@H]1C(=O)NCc1cccnc1. The quantitative estimate of drug-likeness (QED) is 0.794. The van der Waals surface area contributed by atoms with Gasteiger partial charge in [-0.05, 0) is 30.0 Å². The summed E-state index contributed by atoms with van der Waals surface area (Å²) in [6.45, 7) is 1.04. The molecular weight excluding hydrogens is 328 g/mol. The van der Waals surface area contributed by atoms with Gasteiger partial charge in [0.25, 0.3) is 5.91 Å². The van der Waals surface area contributed by atoms with Crippen LogP contribution < -0.4 is 11.1 Å². The number of amides is 2. The molecule has 136 valence electrons. The Kier molecular flexibility index (Phi) is 5.96. The lowest BCUT2D eigenvalue weighted by Gasteiger charge is -2.25. The second-order valence-corrected chi connectivity index (χ2v) is 6.66. The van der Waals surface area contributed by atoms with Gasteiger partial charge in [0.15, 0.2) is 6.04 Å². The molecule has 0 unspecified atom stereocenters. The summed E-state index contributed by atoms with van der Waals surface area (Å²) in [4.78, 5) is 31.1. The van der Waals surface area contributed by atoms with Crippen LogP contribution in [0.3, 0.4) is 0 Å². The number of aromatic nitrogens is 1. The summed E-state index contributed by atoms with van der Waals surface area (Å²) < 4.78 is 0. The van der Waals surface area contributed by atoms with Crippen LogP contribution in [0, 0.1) is 0 Å². The topological polar surface area (TPSA) is 89.9 Å². The number of quaternary nitrogens is 1. The molecule has 6 heteroatoms. The Bertz CT molecular complexity index is 736. The van der Waals surface area contributed by atoms with Gasteiger partial charge in [0.2, 0.25) is 5.91 Å². The van der Waals surface area contributed by atoms with Crippen LogP contribution in [-0.4, -0.2) is 40.3 Å². The number of hydrogen-bond donors (Lipinski definition) is 2. The summed E-state index contributed by atoms with van der Waals surface area (Å²) in [6, 6.07) is 12.8. The van der Waals surface area contributed by atoms with E-state index in [2.05, 4.69) is 16.0 Å². The molecule has 0 aliphatic carbocycles. The summed E-state index contributed by atoms with van der Waals surface area (Å²) in [7, 11) is 0. The van der Waals surface area contributed by atoms with E-state index in [0.29, 0.717) is 25.9 Å². The maximum absolute atomic E-state index is 12.8. The van der Waals surface area contributed by atoms with Gasteiger partial charge in [-0.3, -0.25) is 14.6 Å². The minimum absolute atomic E-state index is 0.0483. The maximum atomic E-state index is 12.8. The van der Waals surface area contributed by atoms with Gasteiger partial charge >= 0.3 is 0 Å². The van der Waals surface area contributed by atoms with E-state index >= 15 is 0 Å². The summed E-state index contributed by atoms with van der Waals surface area (Å²) in [5.41, 5.74) is 6.06. The summed E-state index contributed by atoms with van der Waals surface area (Å²) in [6.07, 6.45) is 5.55. The highest BCUT2D eigenvalue weighted by Crippen LogP contribution is 2.19. The highest BCUT2D eigenvalue weighted by atomic mass is 16.2. The molecule has 0 bridgehead atoms. The Labute approximate surface area is 153 Å². The van der Waals surface area contributed by atoms with Crippen molar-refractivity contribution in [3.8, 4) is 0 Å². The molecule has 6 nitrogen and oxygen atoms in total. The molecule has 1 saturated heterocycles. The number of rotatable bonds is 6. The summed E-state index contributed by atoms with van der Waals surface area (Å²) in [5, 5.41) is 2.92. The zero-order chi connectivity index (χ0) is 18.4. The van der Waals surface area contributed by atoms with Crippen LogP contribution in [0.4, 0.5) is 0 Å².